The van der Waals surface area contributed by atoms with Gasteiger partial charge in [-0.2, -0.15) is 13.2 Å². The second kappa shape index (κ2) is 4.14. The smallest absolute Gasteiger partial charge is 0.383 e. The predicted molar refractivity (Wildman–Crippen MR) is 42.1 cm³/mol. The molecule has 6 heteroatoms. The van der Waals surface area contributed by atoms with Crippen LogP contribution in [0.2, 0.25) is 0 Å². The Bertz CT molecular complexity index is 347. The van der Waals surface area contributed by atoms with Gasteiger partial charge in [-0.15, -0.1) is 0 Å². The number of hydrogen-bond donors (Lipinski definition) is 1. The zero-order chi connectivity index (χ0) is 11.6. The monoisotopic (exact) mass is 226 g/mol. The molecular formula is C9H7F5O. The Labute approximate surface area is 82.1 Å². The van der Waals surface area contributed by atoms with E-state index in [4.69, 9.17) is 5.11 Å². The summed E-state index contributed by atoms with van der Waals surface area (Å²) >= 11 is 0. The van der Waals surface area contributed by atoms with E-state index in [0.717, 1.165) is 6.07 Å². The quantitative estimate of drug-likeness (QED) is 0.768. The van der Waals surface area contributed by atoms with Crippen molar-refractivity contribution in [1.29, 1.82) is 0 Å². The third-order valence-electron chi connectivity index (χ3n) is 1.79. The topological polar surface area (TPSA) is 20.2 Å². The van der Waals surface area contributed by atoms with Gasteiger partial charge >= 0.3 is 6.18 Å². The number of aliphatic hydroxyl groups excluding tert-OH is 1. The van der Waals surface area contributed by atoms with Gasteiger partial charge in [-0.25, -0.2) is 8.78 Å². The number of hydrogen-bond acceptors (Lipinski definition) is 1. The fourth-order valence-electron chi connectivity index (χ4n) is 1.01. The van der Waals surface area contributed by atoms with Crippen LogP contribution in [0.5, 0.6) is 0 Å². The van der Waals surface area contributed by atoms with E-state index < -0.39 is 30.3 Å². The van der Waals surface area contributed by atoms with Gasteiger partial charge in [-0.05, 0) is 17.7 Å². The van der Waals surface area contributed by atoms with E-state index in [9.17, 15) is 22.0 Å². The van der Waals surface area contributed by atoms with E-state index in [0.29, 0.717) is 12.1 Å². The molecule has 1 N–H and O–H groups in total. The molecule has 0 radical (unpaired) electrons. The summed E-state index contributed by atoms with van der Waals surface area (Å²) in [4.78, 5) is 0. The second-order valence-corrected chi connectivity index (χ2v) is 3.01. The standard InChI is InChI=1S/C9H7F5O/c10-6-2-1-5(3-7(6)11)4-8(15)9(12,13)14/h1-3,8,15H,4H2/t8-/m1/s1. The van der Waals surface area contributed by atoms with Crippen LogP contribution in [-0.4, -0.2) is 17.4 Å². The molecule has 0 amide bonds. The van der Waals surface area contributed by atoms with Gasteiger partial charge in [0.25, 0.3) is 0 Å². The van der Waals surface area contributed by atoms with Crippen LogP contribution >= 0.6 is 0 Å². The summed E-state index contributed by atoms with van der Waals surface area (Å²) in [7, 11) is 0. The maximum Gasteiger partial charge on any atom is 0.414 e. The fraction of sp³-hybridized carbons (Fsp3) is 0.333. The third kappa shape index (κ3) is 3.16. The zero-order valence-electron chi connectivity index (χ0n) is 7.35. The fourth-order valence-corrected chi connectivity index (χ4v) is 1.01. The molecule has 0 spiro atoms. The molecule has 84 valence electrons. The lowest BCUT2D eigenvalue weighted by atomic mass is 10.1. The molecule has 1 aromatic carbocycles. The first-order valence-electron chi connectivity index (χ1n) is 3.99. The minimum atomic E-state index is -4.76. The first kappa shape index (κ1) is 11.9. The largest absolute Gasteiger partial charge is 0.414 e. The Balaban J connectivity index is 2.78. The number of aliphatic hydroxyl groups is 1. The van der Waals surface area contributed by atoms with Crippen LogP contribution in [0, 0.1) is 11.6 Å². The molecule has 0 bridgehead atoms. The van der Waals surface area contributed by atoms with E-state index in [1.807, 2.05) is 0 Å². The molecule has 0 saturated carbocycles. The Morgan fingerprint density at radius 2 is 1.73 bits per heavy atom. The van der Waals surface area contributed by atoms with Gasteiger partial charge in [0.2, 0.25) is 0 Å². The van der Waals surface area contributed by atoms with E-state index in [-0.39, 0.29) is 5.56 Å². The Morgan fingerprint density at radius 3 is 2.20 bits per heavy atom. The minimum Gasteiger partial charge on any atom is -0.383 e. The maximum absolute atomic E-state index is 12.6. The Hall–Kier alpha value is -1.17. The molecule has 0 aliphatic heterocycles. The normalized spacial score (nSPS) is 14.0. The molecular weight excluding hydrogens is 219 g/mol. The van der Waals surface area contributed by atoms with Crippen LogP contribution in [0.1, 0.15) is 5.56 Å². The minimum absolute atomic E-state index is 0.112. The molecule has 0 aliphatic rings. The van der Waals surface area contributed by atoms with Crippen molar-refractivity contribution in [3.8, 4) is 0 Å². The van der Waals surface area contributed by atoms with Crippen molar-refractivity contribution in [2.75, 3.05) is 0 Å². The van der Waals surface area contributed by atoms with Crippen molar-refractivity contribution in [3.63, 3.8) is 0 Å². The molecule has 0 aliphatic carbocycles. The van der Waals surface area contributed by atoms with E-state index in [2.05, 4.69) is 0 Å². The van der Waals surface area contributed by atoms with Gasteiger partial charge in [0.15, 0.2) is 17.7 Å². The highest BCUT2D eigenvalue weighted by molar-refractivity contribution is 5.18. The SMILES string of the molecule is O[C@H](Cc1ccc(F)c(F)c1)C(F)(F)F. The first-order chi connectivity index (χ1) is 6.80. The van der Waals surface area contributed by atoms with Crippen LogP contribution < -0.4 is 0 Å². The van der Waals surface area contributed by atoms with Crippen LogP contribution in [-0.2, 0) is 6.42 Å². The molecule has 1 aromatic rings. The summed E-state index contributed by atoms with van der Waals surface area (Å²) in [6.45, 7) is 0. The molecule has 0 saturated heterocycles. The van der Waals surface area contributed by atoms with Gasteiger partial charge in [-0.3, -0.25) is 0 Å². The van der Waals surface area contributed by atoms with Gasteiger partial charge in [0.05, 0.1) is 0 Å². The third-order valence-corrected chi connectivity index (χ3v) is 1.79. The molecule has 0 unspecified atom stereocenters. The predicted octanol–water partition coefficient (Wildman–Crippen LogP) is 2.43. The molecule has 0 heterocycles. The summed E-state index contributed by atoms with van der Waals surface area (Å²) in [5.41, 5.74) is -0.112. The van der Waals surface area contributed by atoms with Crippen molar-refractivity contribution in [1.82, 2.24) is 0 Å². The molecule has 1 atom stereocenters. The molecule has 0 fully saturated rings. The maximum atomic E-state index is 12.6. The Morgan fingerprint density at radius 1 is 1.13 bits per heavy atom. The number of halogens is 5. The highest BCUT2D eigenvalue weighted by Crippen LogP contribution is 2.23. The van der Waals surface area contributed by atoms with Crippen molar-refractivity contribution < 1.29 is 27.1 Å². The van der Waals surface area contributed by atoms with Crippen LogP contribution in [0.25, 0.3) is 0 Å². The van der Waals surface area contributed by atoms with Crippen LogP contribution in [0.3, 0.4) is 0 Å². The van der Waals surface area contributed by atoms with Crippen molar-refractivity contribution in [3.05, 3.63) is 35.4 Å². The second-order valence-electron chi connectivity index (χ2n) is 3.01. The lowest BCUT2D eigenvalue weighted by molar-refractivity contribution is -0.203. The lowest BCUT2D eigenvalue weighted by Gasteiger charge is -2.14. The van der Waals surface area contributed by atoms with Crippen molar-refractivity contribution >= 4 is 0 Å². The van der Waals surface area contributed by atoms with Crippen LogP contribution in [0.4, 0.5) is 22.0 Å². The summed E-state index contributed by atoms with van der Waals surface area (Å²) in [6, 6.07) is 2.34. The lowest BCUT2D eigenvalue weighted by Crippen LogP contribution is -2.30. The summed E-state index contributed by atoms with van der Waals surface area (Å²) in [5, 5.41) is 8.66. The average molecular weight is 226 g/mol. The Kier molecular flexibility index (Phi) is 3.28. The zero-order valence-corrected chi connectivity index (χ0v) is 7.35. The van der Waals surface area contributed by atoms with Crippen molar-refractivity contribution in [2.24, 2.45) is 0 Å². The highest BCUT2D eigenvalue weighted by atomic mass is 19.4. The molecule has 1 rings (SSSR count). The van der Waals surface area contributed by atoms with E-state index >= 15 is 0 Å². The number of alkyl halides is 3. The van der Waals surface area contributed by atoms with Gasteiger partial charge < -0.3 is 5.11 Å². The number of benzene rings is 1. The average Bonchev–Trinajstić information content (AvgIpc) is 2.10. The van der Waals surface area contributed by atoms with Gasteiger partial charge in [0, 0.05) is 6.42 Å². The molecule has 1 nitrogen and oxygen atoms in total. The van der Waals surface area contributed by atoms with Crippen molar-refractivity contribution in [2.45, 2.75) is 18.7 Å². The van der Waals surface area contributed by atoms with Gasteiger partial charge in [-0.1, -0.05) is 6.07 Å². The number of rotatable bonds is 2. The summed E-state index contributed by atoms with van der Waals surface area (Å²) in [5.74, 6) is -2.37. The molecule has 15 heavy (non-hydrogen) atoms. The molecule has 0 aromatic heterocycles. The van der Waals surface area contributed by atoms with Crippen LogP contribution in [0.15, 0.2) is 18.2 Å². The highest BCUT2D eigenvalue weighted by Gasteiger charge is 2.38. The van der Waals surface area contributed by atoms with Gasteiger partial charge in [0.1, 0.15) is 0 Å². The van der Waals surface area contributed by atoms with E-state index in [1.54, 1.807) is 0 Å². The summed E-state index contributed by atoms with van der Waals surface area (Å²) < 4.78 is 60.7. The van der Waals surface area contributed by atoms with E-state index in [1.165, 1.54) is 0 Å². The summed E-state index contributed by atoms with van der Waals surface area (Å²) in [6.07, 6.45) is -8.12. The first-order valence-corrected chi connectivity index (χ1v) is 3.99.